The van der Waals surface area contributed by atoms with Crippen molar-refractivity contribution in [1.29, 1.82) is 5.26 Å². The molecule has 0 heterocycles. The number of para-hydroxylation sites is 2. The number of anilines is 1. The molecular weight excluding hydrogens is 351 g/mol. The van der Waals surface area contributed by atoms with Crippen LogP contribution in [0.4, 0.5) is 10.1 Å². The molecule has 0 bridgehead atoms. The largest absolute Gasteiger partial charge is 0.496 e. The minimum Gasteiger partial charge on any atom is -0.496 e. The lowest BCUT2D eigenvalue weighted by atomic mass is 10.1. The molecule has 2 aromatic rings. The summed E-state index contributed by atoms with van der Waals surface area (Å²) in [5, 5.41) is 8.77. The second kappa shape index (κ2) is 9.92. The summed E-state index contributed by atoms with van der Waals surface area (Å²) < 4.78 is 24.2. The number of carbonyl (C=O) groups is 2. The molecular formula is C20H19FN2O4. The van der Waals surface area contributed by atoms with E-state index in [9.17, 15) is 14.0 Å². The van der Waals surface area contributed by atoms with Gasteiger partial charge in [0.2, 0.25) is 0 Å². The van der Waals surface area contributed by atoms with Crippen LogP contribution in [0.1, 0.15) is 12.0 Å². The summed E-state index contributed by atoms with van der Waals surface area (Å²) in [6.45, 7) is -0.548. The number of esters is 1. The Bertz CT molecular complexity index is 848. The predicted molar refractivity (Wildman–Crippen MR) is 96.6 cm³/mol. The number of nitrogens with zero attached hydrogens (tertiary/aromatic N) is 2. The Balaban J connectivity index is 2.01. The molecule has 0 aliphatic carbocycles. The maximum atomic E-state index is 14.0. The third-order valence-corrected chi connectivity index (χ3v) is 3.78. The smallest absolute Gasteiger partial charge is 0.310 e. The van der Waals surface area contributed by atoms with Crippen molar-refractivity contribution in [2.45, 2.75) is 12.8 Å². The number of amides is 1. The van der Waals surface area contributed by atoms with Crippen molar-refractivity contribution in [2.24, 2.45) is 0 Å². The fraction of sp³-hybridized carbons (Fsp3) is 0.250. The Labute approximate surface area is 156 Å². The van der Waals surface area contributed by atoms with Gasteiger partial charge in [-0.1, -0.05) is 30.3 Å². The van der Waals surface area contributed by atoms with E-state index >= 15 is 0 Å². The average molecular weight is 370 g/mol. The van der Waals surface area contributed by atoms with E-state index in [0.29, 0.717) is 11.3 Å². The van der Waals surface area contributed by atoms with E-state index in [1.807, 2.05) is 6.07 Å². The molecule has 0 saturated heterocycles. The lowest BCUT2D eigenvalue weighted by Crippen LogP contribution is -2.36. The highest BCUT2D eigenvalue weighted by molar-refractivity contribution is 5.95. The molecule has 0 atom stereocenters. The third kappa shape index (κ3) is 5.54. The lowest BCUT2D eigenvalue weighted by molar-refractivity contribution is -0.147. The lowest BCUT2D eigenvalue weighted by Gasteiger charge is -2.22. The van der Waals surface area contributed by atoms with Crippen molar-refractivity contribution in [3.8, 4) is 11.8 Å². The quantitative estimate of drug-likeness (QED) is 0.668. The zero-order valence-electron chi connectivity index (χ0n) is 14.9. The summed E-state index contributed by atoms with van der Waals surface area (Å²) in [5.74, 6) is -1.27. The van der Waals surface area contributed by atoms with E-state index < -0.39 is 24.3 Å². The highest BCUT2D eigenvalue weighted by atomic mass is 19.1. The van der Waals surface area contributed by atoms with E-state index in [1.54, 1.807) is 30.3 Å². The highest BCUT2D eigenvalue weighted by Gasteiger charge is 2.20. The van der Waals surface area contributed by atoms with Crippen LogP contribution < -0.4 is 9.64 Å². The van der Waals surface area contributed by atoms with E-state index in [2.05, 4.69) is 0 Å². The Kier molecular flexibility index (Phi) is 7.32. The first kappa shape index (κ1) is 19.9. The van der Waals surface area contributed by atoms with Gasteiger partial charge in [0.05, 0.1) is 31.7 Å². The fourth-order valence-corrected chi connectivity index (χ4v) is 2.49. The van der Waals surface area contributed by atoms with Crippen molar-refractivity contribution >= 4 is 17.6 Å². The maximum Gasteiger partial charge on any atom is 0.310 e. The number of nitriles is 1. The van der Waals surface area contributed by atoms with Crippen LogP contribution >= 0.6 is 0 Å². The van der Waals surface area contributed by atoms with E-state index in [1.165, 1.54) is 25.3 Å². The highest BCUT2D eigenvalue weighted by Crippen LogP contribution is 2.20. The van der Waals surface area contributed by atoms with Crippen molar-refractivity contribution in [3.63, 3.8) is 0 Å². The predicted octanol–water partition coefficient (Wildman–Crippen LogP) is 2.87. The van der Waals surface area contributed by atoms with E-state index in [0.717, 1.165) is 4.90 Å². The number of hydrogen-bond acceptors (Lipinski definition) is 5. The maximum absolute atomic E-state index is 14.0. The van der Waals surface area contributed by atoms with Crippen LogP contribution in [0, 0.1) is 17.1 Å². The molecule has 7 heteroatoms. The first-order valence-corrected chi connectivity index (χ1v) is 8.26. The van der Waals surface area contributed by atoms with Crippen LogP contribution in [0.15, 0.2) is 48.5 Å². The molecule has 2 rings (SSSR count). The standard InChI is InChI=1S/C20H19FN2O4/c1-26-18-10-5-2-7-15(18)13-20(25)27-14-19(24)23(12-6-11-22)17-9-4-3-8-16(17)21/h2-5,7-10H,6,12-14H2,1H3. The Morgan fingerprint density at radius 2 is 1.85 bits per heavy atom. The molecule has 27 heavy (non-hydrogen) atoms. The van der Waals surface area contributed by atoms with Gasteiger partial charge in [-0.25, -0.2) is 4.39 Å². The van der Waals surface area contributed by atoms with Gasteiger partial charge in [-0.3, -0.25) is 9.59 Å². The molecule has 0 spiro atoms. The van der Waals surface area contributed by atoms with Crippen molar-refractivity contribution in [1.82, 2.24) is 0 Å². The number of ether oxygens (including phenoxy) is 2. The van der Waals surface area contributed by atoms with Gasteiger partial charge in [-0.05, 0) is 18.2 Å². The van der Waals surface area contributed by atoms with Crippen molar-refractivity contribution < 1.29 is 23.5 Å². The first-order valence-electron chi connectivity index (χ1n) is 8.26. The SMILES string of the molecule is COc1ccccc1CC(=O)OCC(=O)N(CCC#N)c1ccccc1F. The van der Waals surface area contributed by atoms with Crippen LogP contribution in [0.3, 0.4) is 0 Å². The summed E-state index contributed by atoms with van der Waals surface area (Å²) in [4.78, 5) is 25.6. The van der Waals surface area contributed by atoms with Gasteiger partial charge in [0.25, 0.3) is 5.91 Å². The number of benzene rings is 2. The molecule has 0 N–H and O–H groups in total. The van der Waals surface area contributed by atoms with Gasteiger partial charge in [0, 0.05) is 12.1 Å². The molecule has 2 aromatic carbocycles. The van der Waals surface area contributed by atoms with Gasteiger partial charge >= 0.3 is 5.97 Å². The minimum absolute atomic E-state index is 0.000323. The number of hydrogen-bond donors (Lipinski definition) is 0. The normalized spacial score (nSPS) is 9.96. The van der Waals surface area contributed by atoms with E-state index in [-0.39, 0.29) is 25.1 Å². The molecule has 0 unspecified atom stereocenters. The number of carbonyl (C=O) groups excluding carboxylic acids is 2. The Morgan fingerprint density at radius 3 is 2.56 bits per heavy atom. The molecule has 6 nitrogen and oxygen atoms in total. The van der Waals surface area contributed by atoms with Crippen LogP contribution in [0.5, 0.6) is 5.75 Å². The first-order chi connectivity index (χ1) is 13.1. The van der Waals surface area contributed by atoms with Gasteiger partial charge in [-0.15, -0.1) is 0 Å². The molecule has 1 amide bonds. The van der Waals surface area contributed by atoms with Gasteiger partial charge in [0.1, 0.15) is 11.6 Å². The van der Waals surface area contributed by atoms with Crippen LogP contribution in [0.2, 0.25) is 0 Å². The van der Waals surface area contributed by atoms with Crippen LogP contribution in [0.25, 0.3) is 0 Å². The van der Waals surface area contributed by atoms with Gasteiger partial charge < -0.3 is 14.4 Å². The zero-order chi connectivity index (χ0) is 19.6. The van der Waals surface area contributed by atoms with Crippen LogP contribution in [-0.4, -0.2) is 32.1 Å². The molecule has 0 aliphatic rings. The fourth-order valence-electron chi connectivity index (χ4n) is 2.49. The van der Waals surface area contributed by atoms with Crippen LogP contribution in [-0.2, 0) is 20.7 Å². The Morgan fingerprint density at radius 1 is 1.15 bits per heavy atom. The summed E-state index contributed by atoms with van der Waals surface area (Å²) in [6, 6.07) is 14.6. The van der Waals surface area contributed by atoms with Gasteiger partial charge in [0.15, 0.2) is 6.61 Å². The number of methoxy groups -OCH3 is 1. The van der Waals surface area contributed by atoms with Gasteiger partial charge in [-0.2, -0.15) is 5.26 Å². The number of rotatable bonds is 8. The second-order valence-corrected chi connectivity index (χ2v) is 5.55. The topological polar surface area (TPSA) is 79.6 Å². The van der Waals surface area contributed by atoms with Crippen molar-refractivity contribution in [3.05, 3.63) is 59.9 Å². The molecule has 0 radical (unpaired) electrons. The Hall–Kier alpha value is -3.40. The summed E-state index contributed by atoms with van der Waals surface area (Å²) in [7, 11) is 1.50. The summed E-state index contributed by atoms with van der Waals surface area (Å²) in [5.41, 5.74) is 0.673. The second-order valence-electron chi connectivity index (χ2n) is 5.55. The van der Waals surface area contributed by atoms with Crippen molar-refractivity contribution in [2.75, 3.05) is 25.2 Å². The average Bonchev–Trinajstić information content (AvgIpc) is 2.68. The monoisotopic (exact) mass is 370 g/mol. The van der Waals surface area contributed by atoms with E-state index in [4.69, 9.17) is 14.7 Å². The number of halogens is 1. The molecule has 0 fully saturated rings. The minimum atomic E-state index is -0.610. The third-order valence-electron chi connectivity index (χ3n) is 3.78. The molecule has 0 aromatic heterocycles. The molecule has 0 aliphatic heterocycles. The molecule has 140 valence electrons. The summed E-state index contributed by atoms with van der Waals surface area (Å²) >= 11 is 0. The summed E-state index contributed by atoms with van der Waals surface area (Å²) in [6.07, 6.45) is -0.0373. The zero-order valence-corrected chi connectivity index (χ0v) is 14.9. The molecule has 0 saturated carbocycles.